The van der Waals surface area contributed by atoms with Crippen LogP contribution in [0.1, 0.15) is 38.5 Å². The summed E-state index contributed by atoms with van der Waals surface area (Å²) in [6, 6.07) is 10.1. The van der Waals surface area contributed by atoms with Crippen LogP contribution in [-0.2, 0) is 24.2 Å². The van der Waals surface area contributed by atoms with Crippen molar-refractivity contribution in [2.75, 3.05) is 0 Å². The second-order valence-electron chi connectivity index (χ2n) is 5.99. The second kappa shape index (κ2) is 5.23. The van der Waals surface area contributed by atoms with E-state index in [0.717, 1.165) is 29.5 Å². The summed E-state index contributed by atoms with van der Waals surface area (Å²) in [4.78, 5) is 12.5. The summed E-state index contributed by atoms with van der Waals surface area (Å²) in [6.45, 7) is 3.85. The molecule has 0 atom stereocenters. The number of carbonyl (C=O) groups is 1. The maximum Gasteiger partial charge on any atom is 0.339 e. The normalized spacial score (nSPS) is 12.8. The van der Waals surface area contributed by atoms with Crippen LogP contribution in [-0.4, -0.2) is 11.1 Å². The number of hydrogen-bond donors (Lipinski definition) is 0. The highest BCUT2D eigenvalue weighted by molar-refractivity contribution is 6.07. The van der Waals surface area contributed by atoms with Gasteiger partial charge in [0.15, 0.2) is 0 Å². The van der Waals surface area contributed by atoms with Gasteiger partial charge in [-0.05, 0) is 54.7 Å². The Morgan fingerprint density at radius 1 is 1.17 bits per heavy atom. The first-order valence-corrected chi connectivity index (χ1v) is 7.77. The number of aromatic nitrogens is 1. The zero-order valence-corrected chi connectivity index (χ0v) is 13.2. The quantitative estimate of drug-likeness (QED) is 0.689. The van der Waals surface area contributed by atoms with Crippen molar-refractivity contribution in [2.24, 2.45) is 0 Å². The molecule has 0 saturated carbocycles. The van der Waals surface area contributed by atoms with E-state index in [-0.39, 0.29) is 12.6 Å². The van der Waals surface area contributed by atoms with Gasteiger partial charge in [0.25, 0.3) is 0 Å². The highest BCUT2D eigenvalue weighted by Gasteiger charge is 2.20. The third-order valence-electron chi connectivity index (χ3n) is 4.63. The minimum atomic E-state index is -0.305. The number of rotatable bonds is 3. The van der Waals surface area contributed by atoms with E-state index in [1.54, 1.807) is 0 Å². The SMILES string of the molecule is Cc1noc(C)c1COC(=O)c1ccc2c3c(cccc13)CC2. The lowest BCUT2D eigenvalue weighted by Crippen LogP contribution is -2.07. The molecule has 116 valence electrons. The average Bonchev–Trinajstić information content (AvgIpc) is 3.11. The molecule has 2 aromatic carbocycles. The number of carbonyl (C=O) groups excluding carboxylic acids is 1. The molecule has 1 aliphatic carbocycles. The van der Waals surface area contributed by atoms with E-state index in [1.165, 1.54) is 16.5 Å². The number of aryl methyl sites for hydroxylation is 4. The van der Waals surface area contributed by atoms with Gasteiger partial charge in [0.1, 0.15) is 12.4 Å². The Hall–Kier alpha value is -2.62. The summed E-state index contributed by atoms with van der Waals surface area (Å²) >= 11 is 0. The van der Waals surface area contributed by atoms with Crippen LogP contribution in [0.2, 0.25) is 0 Å². The zero-order chi connectivity index (χ0) is 16.0. The molecule has 0 unspecified atom stereocenters. The first-order valence-electron chi connectivity index (χ1n) is 7.77. The van der Waals surface area contributed by atoms with Gasteiger partial charge in [0.2, 0.25) is 0 Å². The summed E-state index contributed by atoms with van der Waals surface area (Å²) < 4.78 is 10.6. The van der Waals surface area contributed by atoms with E-state index >= 15 is 0 Å². The van der Waals surface area contributed by atoms with Gasteiger partial charge < -0.3 is 9.26 Å². The van der Waals surface area contributed by atoms with E-state index < -0.39 is 0 Å². The van der Waals surface area contributed by atoms with Gasteiger partial charge >= 0.3 is 5.97 Å². The van der Waals surface area contributed by atoms with Gasteiger partial charge in [-0.2, -0.15) is 0 Å². The maximum atomic E-state index is 12.5. The molecule has 4 heteroatoms. The molecule has 0 aliphatic heterocycles. The predicted octanol–water partition coefficient (Wildman–Crippen LogP) is 3.90. The van der Waals surface area contributed by atoms with Gasteiger partial charge in [-0.1, -0.05) is 29.4 Å². The smallest absolute Gasteiger partial charge is 0.339 e. The lowest BCUT2D eigenvalue weighted by Gasteiger charge is -2.09. The zero-order valence-electron chi connectivity index (χ0n) is 13.2. The van der Waals surface area contributed by atoms with Gasteiger partial charge in [-0.15, -0.1) is 0 Å². The van der Waals surface area contributed by atoms with Crippen LogP contribution in [0, 0.1) is 13.8 Å². The molecule has 1 aliphatic rings. The molecular formula is C19H17NO3. The highest BCUT2D eigenvalue weighted by atomic mass is 16.5. The number of esters is 1. The lowest BCUT2D eigenvalue weighted by atomic mass is 10.00. The summed E-state index contributed by atoms with van der Waals surface area (Å²) in [6.07, 6.45) is 2.09. The first-order chi connectivity index (χ1) is 11.1. The van der Waals surface area contributed by atoms with E-state index in [0.29, 0.717) is 11.3 Å². The molecular weight excluding hydrogens is 290 g/mol. The molecule has 1 aromatic heterocycles. The minimum absolute atomic E-state index is 0.183. The Kier molecular flexibility index (Phi) is 3.18. The van der Waals surface area contributed by atoms with Crippen molar-refractivity contribution in [3.63, 3.8) is 0 Å². The van der Waals surface area contributed by atoms with Crippen LogP contribution in [0.25, 0.3) is 10.8 Å². The topological polar surface area (TPSA) is 52.3 Å². The van der Waals surface area contributed by atoms with Gasteiger partial charge in [0.05, 0.1) is 16.8 Å². The fourth-order valence-electron chi connectivity index (χ4n) is 3.35. The summed E-state index contributed by atoms with van der Waals surface area (Å²) in [5.41, 5.74) is 4.86. The van der Waals surface area contributed by atoms with E-state index in [9.17, 15) is 4.79 Å². The molecule has 0 radical (unpaired) electrons. The molecule has 0 saturated heterocycles. The average molecular weight is 307 g/mol. The Morgan fingerprint density at radius 2 is 1.96 bits per heavy atom. The first kappa shape index (κ1) is 14.0. The molecule has 0 bridgehead atoms. The highest BCUT2D eigenvalue weighted by Crippen LogP contribution is 2.33. The Labute approximate surface area is 134 Å². The van der Waals surface area contributed by atoms with Crippen LogP contribution in [0.4, 0.5) is 0 Å². The Balaban J connectivity index is 1.66. The molecule has 4 nitrogen and oxygen atoms in total. The van der Waals surface area contributed by atoms with Crippen LogP contribution < -0.4 is 0 Å². The molecule has 1 heterocycles. The Bertz CT molecular complexity index is 894. The number of benzene rings is 2. The number of hydrogen-bond acceptors (Lipinski definition) is 4. The number of ether oxygens (including phenoxy) is 1. The van der Waals surface area contributed by atoms with E-state index in [4.69, 9.17) is 9.26 Å². The van der Waals surface area contributed by atoms with Crippen LogP contribution in [0.15, 0.2) is 34.9 Å². The van der Waals surface area contributed by atoms with Gasteiger partial charge in [-0.3, -0.25) is 0 Å². The predicted molar refractivity (Wildman–Crippen MR) is 86.5 cm³/mol. The summed E-state index contributed by atoms with van der Waals surface area (Å²) in [5, 5.41) is 6.09. The third kappa shape index (κ3) is 2.22. The maximum absolute atomic E-state index is 12.5. The molecule has 0 N–H and O–H groups in total. The van der Waals surface area contributed by atoms with E-state index in [2.05, 4.69) is 11.2 Å². The monoisotopic (exact) mass is 307 g/mol. The minimum Gasteiger partial charge on any atom is -0.457 e. The number of nitrogens with zero attached hydrogens (tertiary/aromatic N) is 1. The molecule has 3 aromatic rings. The molecule has 0 fully saturated rings. The molecule has 23 heavy (non-hydrogen) atoms. The Morgan fingerprint density at radius 3 is 2.70 bits per heavy atom. The van der Waals surface area contributed by atoms with Gasteiger partial charge in [-0.25, -0.2) is 4.79 Å². The van der Waals surface area contributed by atoms with Crippen molar-refractivity contribution in [1.82, 2.24) is 5.16 Å². The molecule has 4 rings (SSSR count). The molecule has 0 spiro atoms. The lowest BCUT2D eigenvalue weighted by molar-refractivity contribution is 0.0473. The van der Waals surface area contributed by atoms with Crippen LogP contribution in [0.3, 0.4) is 0 Å². The largest absolute Gasteiger partial charge is 0.457 e. The van der Waals surface area contributed by atoms with Crippen LogP contribution in [0.5, 0.6) is 0 Å². The van der Waals surface area contributed by atoms with Crippen molar-refractivity contribution < 1.29 is 14.1 Å². The van der Waals surface area contributed by atoms with Gasteiger partial charge in [0, 0.05) is 0 Å². The second-order valence-corrected chi connectivity index (χ2v) is 5.99. The van der Waals surface area contributed by atoms with E-state index in [1.807, 2.05) is 38.1 Å². The molecule has 0 amide bonds. The van der Waals surface area contributed by atoms with Crippen LogP contribution >= 0.6 is 0 Å². The fraction of sp³-hybridized carbons (Fsp3) is 0.263. The van der Waals surface area contributed by atoms with Crippen molar-refractivity contribution in [1.29, 1.82) is 0 Å². The fourth-order valence-corrected chi connectivity index (χ4v) is 3.35. The summed E-state index contributed by atoms with van der Waals surface area (Å²) in [7, 11) is 0. The van der Waals surface area contributed by atoms with Crippen molar-refractivity contribution in [3.05, 3.63) is 64.0 Å². The third-order valence-corrected chi connectivity index (χ3v) is 4.63. The van der Waals surface area contributed by atoms with Crippen molar-refractivity contribution in [3.8, 4) is 0 Å². The van der Waals surface area contributed by atoms with Crippen molar-refractivity contribution in [2.45, 2.75) is 33.3 Å². The summed E-state index contributed by atoms with van der Waals surface area (Å²) in [5.74, 6) is 0.385. The van der Waals surface area contributed by atoms with Crippen molar-refractivity contribution >= 4 is 16.7 Å². The standard InChI is InChI=1S/C19H17NO3/c1-11-17(12(2)23-20-11)10-22-19(21)16-9-8-14-7-6-13-4-3-5-15(16)18(13)14/h3-5,8-9H,6-7,10H2,1-2H3.